The minimum Gasteiger partial charge on any atom is -0.334 e. The van der Waals surface area contributed by atoms with E-state index < -0.39 is 4.92 Å². The van der Waals surface area contributed by atoms with Crippen molar-refractivity contribution in [2.75, 3.05) is 19.6 Å². The Labute approximate surface area is 232 Å². The molecule has 2 unspecified atom stereocenters. The van der Waals surface area contributed by atoms with Crippen LogP contribution in [-0.4, -0.2) is 55.9 Å². The molecule has 0 saturated carbocycles. The molecule has 2 atom stereocenters. The Morgan fingerprint density at radius 2 is 1.75 bits per heavy atom. The van der Waals surface area contributed by atoms with E-state index in [0.29, 0.717) is 42.9 Å². The summed E-state index contributed by atoms with van der Waals surface area (Å²) in [6, 6.07) is 23.2. The van der Waals surface area contributed by atoms with Crippen molar-refractivity contribution < 1.29 is 9.72 Å². The second-order valence-corrected chi connectivity index (χ2v) is 10.1. The van der Waals surface area contributed by atoms with Gasteiger partial charge in [0.2, 0.25) is 5.91 Å². The maximum atomic E-state index is 13.6. The van der Waals surface area contributed by atoms with Crippen LogP contribution in [0.4, 0.5) is 5.69 Å². The van der Waals surface area contributed by atoms with Gasteiger partial charge < -0.3 is 4.90 Å². The predicted molar refractivity (Wildman–Crippen MR) is 155 cm³/mol. The largest absolute Gasteiger partial charge is 0.334 e. The van der Waals surface area contributed by atoms with E-state index in [-0.39, 0.29) is 29.2 Å². The first-order valence-electron chi connectivity index (χ1n) is 13.3. The Bertz CT molecular complexity index is 1610. The van der Waals surface area contributed by atoms with Crippen molar-refractivity contribution in [3.05, 3.63) is 122 Å². The zero-order chi connectivity index (χ0) is 28.2. The lowest BCUT2D eigenvalue weighted by Gasteiger charge is -2.42. The molecule has 0 aliphatic carbocycles. The molecule has 1 saturated heterocycles. The van der Waals surface area contributed by atoms with E-state index in [1.165, 1.54) is 18.2 Å². The van der Waals surface area contributed by atoms with Gasteiger partial charge in [0.25, 0.3) is 11.2 Å². The first-order chi connectivity index (χ1) is 19.3. The van der Waals surface area contributed by atoms with Gasteiger partial charge in [0.15, 0.2) is 0 Å². The number of nitro benzene ring substituents is 1. The van der Waals surface area contributed by atoms with Crippen molar-refractivity contribution in [3.8, 4) is 0 Å². The zero-order valence-corrected chi connectivity index (χ0v) is 22.5. The lowest BCUT2D eigenvalue weighted by Crippen LogP contribution is -2.54. The number of rotatable bonds is 7. The van der Waals surface area contributed by atoms with Crippen molar-refractivity contribution in [1.82, 2.24) is 19.4 Å². The number of amides is 1. The quantitative estimate of drug-likeness (QED) is 0.193. The molecule has 2 heterocycles. The van der Waals surface area contributed by atoms with Gasteiger partial charge in [0.05, 0.1) is 28.4 Å². The fourth-order valence-corrected chi connectivity index (χ4v) is 5.22. The van der Waals surface area contributed by atoms with Gasteiger partial charge in [0.1, 0.15) is 5.82 Å². The molecule has 9 nitrogen and oxygen atoms in total. The Balaban J connectivity index is 1.34. The normalized spacial score (nSPS) is 16.9. The lowest BCUT2D eigenvalue weighted by molar-refractivity contribution is -0.384. The number of para-hydroxylation sites is 1. The highest BCUT2D eigenvalue weighted by atomic mass is 16.6. The molecule has 1 aromatic heterocycles. The highest BCUT2D eigenvalue weighted by Crippen LogP contribution is 2.24. The summed E-state index contributed by atoms with van der Waals surface area (Å²) < 4.78 is 1.78. The smallest absolute Gasteiger partial charge is 0.269 e. The third kappa shape index (κ3) is 5.69. The molecule has 0 spiro atoms. The van der Waals surface area contributed by atoms with Crippen LogP contribution in [0.25, 0.3) is 17.0 Å². The highest BCUT2D eigenvalue weighted by molar-refractivity contribution is 5.92. The molecule has 1 fully saturated rings. The third-order valence-corrected chi connectivity index (χ3v) is 7.46. The molecule has 0 bridgehead atoms. The Morgan fingerprint density at radius 1 is 1.05 bits per heavy atom. The number of aromatic nitrogens is 2. The van der Waals surface area contributed by atoms with Crippen molar-refractivity contribution in [1.29, 1.82) is 0 Å². The van der Waals surface area contributed by atoms with E-state index in [2.05, 4.69) is 11.8 Å². The lowest BCUT2D eigenvalue weighted by atomic mass is 10.1. The van der Waals surface area contributed by atoms with Crippen molar-refractivity contribution >= 4 is 28.6 Å². The van der Waals surface area contributed by atoms with Crippen LogP contribution < -0.4 is 5.56 Å². The fourth-order valence-electron chi connectivity index (χ4n) is 5.22. The molecule has 9 heteroatoms. The van der Waals surface area contributed by atoms with E-state index in [4.69, 9.17) is 4.98 Å². The first-order valence-corrected chi connectivity index (χ1v) is 13.3. The summed E-state index contributed by atoms with van der Waals surface area (Å²) >= 11 is 0. The van der Waals surface area contributed by atoms with Crippen LogP contribution in [0.5, 0.6) is 0 Å². The van der Waals surface area contributed by atoms with Gasteiger partial charge >= 0.3 is 0 Å². The molecular formula is C31H31N5O4. The van der Waals surface area contributed by atoms with Gasteiger partial charge in [-0.1, -0.05) is 42.5 Å². The van der Waals surface area contributed by atoms with Gasteiger partial charge in [-0.2, -0.15) is 0 Å². The molecule has 5 rings (SSSR count). The average molecular weight is 538 g/mol. The maximum Gasteiger partial charge on any atom is 0.269 e. The first kappa shape index (κ1) is 27.0. The van der Waals surface area contributed by atoms with Crippen molar-refractivity contribution in [2.24, 2.45) is 0 Å². The number of piperazine rings is 1. The molecule has 1 aliphatic heterocycles. The minimum absolute atomic E-state index is 0.0115. The summed E-state index contributed by atoms with van der Waals surface area (Å²) in [5, 5.41) is 11.5. The average Bonchev–Trinajstić information content (AvgIpc) is 2.97. The van der Waals surface area contributed by atoms with Crippen molar-refractivity contribution in [2.45, 2.75) is 32.5 Å². The van der Waals surface area contributed by atoms with Gasteiger partial charge in [-0.25, -0.2) is 4.98 Å². The summed E-state index contributed by atoms with van der Waals surface area (Å²) in [6.45, 7) is 6.31. The molecule has 0 radical (unpaired) electrons. The van der Waals surface area contributed by atoms with Crippen LogP contribution in [0.15, 0.2) is 89.7 Å². The van der Waals surface area contributed by atoms with Crippen LogP contribution in [-0.2, 0) is 11.3 Å². The van der Waals surface area contributed by atoms with Crippen LogP contribution >= 0.6 is 0 Å². The van der Waals surface area contributed by atoms with Crippen molar-refractivity contribution in [3.63, 3.8) is 0 Å². The number of fused-ring (bicyclic) bond motifs is 1. The number of benzene rings is 3. The molecule has 204 valence electrons. The van der Waals surface area contributed by atoms with Gasteiger partial charge in [-0.05, 0) is 55.3 Å². The summed E-state index contributed by atoms with van der Waals surface area (Å²) in [6.07, 6.45) is 3.19. The van der Waals surface area contributed by atoms with Crippen LogP contribution in [0.1, 0.15) is 36.8 Å². The number of hydrogen-bond donors (Lipinski definition) is 0. The Kier molecular flexibility index (Phi) is 7.84. The fraction of sp³-hybridized carbons (Fsp3) is 0.258. The number of non-ortho nitro benzene ring substituents is 1. The second-order valence-electron chi connectivity index (χ2n) is 10.1. The monoisotopic (exact) mass is 537 g/mol. The number of hydrogen-bond acceptors (Lipinski definition) is 6. The molecule has 0 N–H and O–H groups in total. The van der Waals surface area contributed by atoms with E-state index in [1.807, 2.05) is 66.4 Å². The zero-order valence-electron chi connectivity index (χ0n) is 22.5. The van der Waals surface area contributed by atoms with E-state index >= 15 is 0 Å². The Hall–Kier alpha value is -4.63. The van der Waals surface area contributed by atoms with Gasteiger partial charge in [0, 0.05) is 43.9 Å². The topological polar surface area (TPSA) is 102 Å². The predicted octanol–water partition coefficient (Wildman–Crippen LogP) is 4.66. The maximum absolute atomic E-state index is 13.6. The summed E-state index contributed by atoms with van der Waals surface area (Å²) in [5.74, 6) is 0.598. The van der Waals surface area contributed by atoms with Crippen LogP contribution in [0, 0.1) is 10.1 Å². The van der Waals surface area contributed by atoms with Gasteiger partial charge in [-0.15, -0.1) is 0 Å². The molecule has 40 heavy (non-hydrogen) atoms. The Morgan fingerprint density at radius 3 is 2.45 bits per heavy atom. The number of nitro groups is 1. The van der Waals surface area contributed by atoms with E-state index in [0.717, 1.165) is 11.1 Å². The summed E-state index contributed by atoms with van der Waals surface area (Å²) in [7, 11) is 0. The number of carbonyl (C=O) groups is 1. The van der Waals surface area contributed by atoms with E-state index in [1.54, 1.807) is 22.8 Å². The number of carbonyl (C=O) groups excluding carboxylic acids is 1. The SMILES string of the molecule is CC(c1nc2ccccc2c(=O)n1Cc1ccccc1)N1CCN(C(=O)/C=C/c2ccc([N+](=O)[O-])cc2)C(C)C1. The highest BCUT2D eigenvalue weighted by Gasteiger charge is 2.31. The molecular weight excluding hydrogens is 506 g/mol. The van der Waals surface area contributed by atoms with E-state index in [9.17, 15) is 19.7 Å². The van der Waals surface area contributed by atoms with Gasteiger partial charge in [-0.3, -0.25) is 29.2 Å². The summed E-state index contributed by atoms with van der Waals surface area (Å²) in [5.41, 5.74) is 2.38. The molecule has 1 amide bonds. The molecule has 4 aromatic rings. The van der Waals surface area contributed by atoms with Crippen LogP contribution in [0.3, 0.4) is 0 Å². The summed E-state index contributed by atoms with van der Waals surface area (Å²) in [4.78, 5) is 46.1. The van der Waals surface area contributed by atoms with Crippen LogP contribution in [0.2, 0.25) is 0 Å². The minimum atomic E-state index is -0.449. The third-order valence-electron chi connectivity index (χ3n) is 7.46. The second kappa shape index (κ2) is 11.6. The molecule has 3 aromatic carbocycles. The molecule has 1 aliphatic rings. The standard InChI is InChI=1S/C31H31N5O4/c1-22-20-33(18-19-34(22)29(37)17-14-24-12-15-26(16-13-24)36(39)40)23(2)30-32-28-11-7-6-10-27(28)31(38)35(30)21-25-8-4-3-5-9-25/h3-17,22-23H,18-21H2,1-2H3/b17-14+. The number of nitrogens with zero attached hydrogens (tertiary/aromatic N) is 5.